The first-order valence-electron chi connectivity index (χ1n) is 12.3. The van der Waals surface area contributed by atoms with Crippen LogP contribution in [0.25, 0.3) is 10.9 Å². The Morgan fingerprint density at radius 2 is 1.74 bits per heavy atom. The van der Waals surface area contributed by atoms with Crippen molar-refractivity contribution >= 4 is 58.1 Å². The Balaban J connectivity index is 1.16. The zero-order valence-corrected chi connectivity index (χ0v) is 22.6. The van der Waals surface area contributed by atoms with E-state index in [1.54, 1.807) is 6.21 Å². The highest BCUT2D eigenvalue weighted by Crippen LogP contribution is 2.45. The molecule has 2 N–H and O–H groups in total. The molecule has 1 aliphatic heterocycles. The Kier molecular flexibility index (Phi) is 8.35. The molecule has 1 fully saturated rings. The van der Waals surface area contributed by atoms with E-state index in [0.29, 0.717) is 10.3 Å². The summed E-state index contributed by atoms with van der Waals surface area (Å²) in [5.41, 5.74) is 7.38. The highest BCUT2D eigenvalue weighted by atomic mass is 32.2. The molecule has 9 heteroatoms. The van der Waals surface area contributed by atoms with E-state index in [0.717, 1.165) is 27.7 Å². The van der Waals surface area contributed by atoms with Gasteiger partial charge in [0.05, 0.1) is 10.8 Å². The summed E-state index contributed by atoms with van der Waals surface area (Å²) in [5, 5.41) is 7.98. The molecule has 0 radical (unpaired) electrons. The van der Waals surface area contributed by atoms with Crippen molar-refractivity contribution in [3.8, 4) is 5.75 Å². The van der Waals surface area contributed by atoms with Crippen LogP contribution in [0.5, 0.6) is 5.75 Å². The van der Waals surface area contributed by atoms with Gasteiger partial charge in [-0.25, -0.2) is 5.43 Å². The van der Waals surface area contributed by atoms with Gasteiger partial charge in [0, 0.05) is 39.9 Å². The van der Waals surface area contributed by atoms with Gasteiger partial charge in [0.15, 0.2) is 6.61 Å². The number of hydrogen-bond acceptors (Lipinski definition) is 6. The fourth-order valence-corrected chi connectivity index (χ4v) is 6.99. The van der Waals surface area contributed by atoms with Crippen LogP contribution < -0.4 is 15.5 Å². The predicted octanol–water partition coefficient (Wildman–Crippen LogP) is 5.60. The second-order valence-corrected chi connectivity index (χ2v) is 11.6. The van der Waals surface area contributed by atoms with Crippen LogP contribution in [0.2, 0.25) is 0 Å². The number of ether oxygens (including phenoxy) is 1. The first kappa shape index (κ1) is 25.9. The number of anilines is 1. The smallest absolute Gasteiger partial charge is 0.277 e. The summed E-state index contributed by atoms with van der Waals surface area (Å²) in [7, 11) is 0. The topological polar surface area (TPSA) is 84.7 Å². The van der Waals surface area contributed by atoms with E-state index in [4.69, 9.17) is 4.74 Å². The van der Waals surface area contributed by atoms with Crippen molar-refractivity contribution in [3.05, 3.63) is 95.7 Å². The van der Waals surface area contributed by atoms with Gasteiger partial charge < -0.3 is 14.6 Å². The molecule has 5 rings (SSSR count). The second kappa shape index (κ2) is 12.2. The van der Waals surface area contributed by atoms with Gasteiger partial charge >= 0.3 is 0 Å². The SMILES string of the molecule is Cc1ccc(NC(=O)Cn2cc(/C=N\NC(=O)COc3ccc(C4SCCS4)cc3)c3ccccc32)cc1. The number of hydrogen-bond donors (Lipinski definition) is 2. The number of aryl methyl sites for hydroxylation is 1. The second-order valence-electron chi connectivity index (χ2n) is 8.87. The molecule has 2 heterocycles. The molecule has 7 nitrogen and oxygen atoms in total. The van der Waals surface area contributed by atoms with E-state index in [1.807, 2.05) is 102 Å². The summed E-state index contributed by atoms with van der Waals surface area (Å²) in [5.74, 6) is 2.52. The van der Waals surface area contributed by atoms with Gasteiger partial charge in [-0.15, -0.1) is 23.5 Å². The summed E-state index contributed by atoms with van der Waals surface area (Å²) in [6.07, 6.45) is 3.44. The predicted molar refractivity (Wildman–Crippen MR) is 157 cm³/mol. The third-order valence-corrected chi connectivity index (χ3v) is 9.11. The Hall–Kier alpha value is -3.69. The van der Waals surface area contributed by atoms with Gasteiger partial charge in [-0.2, -0.15) is 5.10 Å². The summed E-state index contributed by atoms with van der Waals surface area (Å²) in [4.78, 5) is 24.9. The molecule has 38 heavy (non-hydrogen) atoms. The Morgan fingerprint density at radius 1 is 1.00 bits per heavy atom. The molecule has 0 bridgehead atoms. The number of carbonyl (C=O) groups is 2. The van der Waals surface area contributed by atoms with Crippen LogP contribution >= 0.6 is 23.5 Å². The maximum Gasteiger partial charge on any atom is 0.277 e. The van der Waals surface area contributed by atoms with Gasteiger partial charge in [0.2, 0.25) is 5.91 Å². The van der Waals surface area contributed by atoms with Crippen LogP contribution in [0.4, 0.5) is 5.69 Å². The molecular weight excluding hydrogens is 516 g/mol. The van der Waals surface area contributed by atoms with Crippen molar-refractivity contribution in [2.45, 2.75) is 18.1 Å². The van der Waals surface area contributed by atoms with Gasteiger partial charge in [0.25, 0.3) is 5.91 Å². The van der Waals surface area contributed by atoms with E-state index in [1.165, 1.54) is 17.1 Å². The zero-order valence-electron chi connectivity index (χ0n) is 20.9. The quantitative estimate of drug-likeness (QED) is 0.212. The number of rotatable bonds is 9. The molecule has 0 atom stereocenters. The fraction of sp³-hybridized carbons (Fsp3) is 0.207. The van der Waals surface area contributed by atoms with Crippen molar-refractivity contribution in [3.63, 3.8) is 0 Å². The van der Waals surface area contributed by atoms with Crippen LogP contribution in [0.15, 0.2) is 84.1 Å². The van der Waals surface area contributed by atoms with Crippen LogP contribution in [-0.2, 0) is 16.1 Å². The first-order valence-corrected chi connectivity index (χ1v) is 14.4. The lowest BCUT2D eigenvalue weighted by Gasteiger charge is -2.10. The lowest BCUT2D eigenvalue weighted by atomic mass is 10.2. The molecule has 3 aromatic carbocycles. The van der Waals surface area contributed by atoms with Crippen LogP contribution in [0.3, 0.4) is 0 Å². The number of thioether (sulfide) groups is 2. The van der Waals surface area contributed by atoms with Crippen molar-refractivity contribution < 1.29 is 14.3 Å². The monoisotopic (exact) mass is 544 g/mol. The fourth-order valence-electron chi connectivity index (χ4n) is 4.13. The summed E-state index contributed by atoms with van der Waals surface area (Å²) in [6, 6.07) is 23.4. The minimum atomic E-state index is -0.353. The van der Waals surface area contributed by atoms with E-state index in [-0.39, 0.29) is 25.0 Å². The number of fused-ring (bicyclic) bond motifs is 1. The highest BCUT2D eigenvalue weighted by molar-refractivity contribution is 8.19. The van der Waals surface area contributed by atoms with Crippen molar-refractivity contribution in [1.29, 1.82) is 0 Å². The third-order valence-electron chi connectivity index (χ3n) is 6.01. The number of carbonyl (C=O) groups excluding carboxylic acids is 2. The number of nitrogens with one attached hydrogen (secondary N) is 2. The highest BCUT2D eigenvalue weighted by Gasteiger charge is 2.18. The Morgan fingerprint density at radius 3 is 2.50 bits per heavy atom. The summed E-state index contributed by atoms with van der Waals surface area (Å²) in [6.45, 7) is 2.02. The minimum Gasteiger partial charge on any atom is -0.484 e. The number of amides is 2. The summed E-state index contributed by atoms with van der Waals surface area (Å²) >= 11 is 3.91. The maximum atomic E-state index is 12.7. The lowest BCUT2D eigenvalue weighted by Crippen LogP contribution is -2.24. The molecule has 4 aromatic rings. The van der Waals surface area contributed by atoms with Crippen LogP contribution in [0.1, 0.15) is 21.3 Å². The Bertz CT molecular complexity index is 1440. The van der Waals surface area contributed by atoms with Crippen molar-refractivity contribution in [2.24, 2.45) is 5.10 Å². The number of benzene rings is 3. The molecule has 0 spiro atoms. The average molecular weight is 545 g/mol. The molecule has 2 amide bonds. The van der Waals surface area contributed by atoms with E-state index < -0.39 is 0 Å². The maximum absolute atomic E-state index is 12.7. The minimum absolute atomic E-state index is 0.127. The zero-order chi connectivity index (χ0) is 26.3. The van der Waals surface area contributed by atoms with Crippen LogP contribution in [-0.4, -0.2) is 40.7 Å². The lowest BCUT2D eigenvalue weighted by molar-refractivity contribution is -0.123. The molecule has 1 saturated heterocycles. The molecular formula is C29H28N4O3S2. The van der Waals surface area contributed by atoms with Crippen molar-refractivity contribution in [2.75, 3.05) is 23.4 Å². The molecule has 1 aliphatic rings. The number of nitrogens with zero attached hydrogens (tertiary/aromatic N) is 2. The summed E-state index contributed by atoms with van der Waals surface area (Å²) < 4.78 is 7.97. The molecule has 1 aromatic heterocycles. The average Bonchev–Trinajstić information content (AvgIpc) is 3.58. The molecule has 0 aliphatic carbocycles. The standard InChI is InChI=1S/C29H28N4O3S2/c1-20-6-10-23(11-7-20)31-27(34)18-33-17-22(25-4-2-3-5-26(25)33)16-30-32-28(35)19-36-24-12-8-21(9-13-24)29-37-14-15-38-29/h2-13,16-17,29H,14-15,18-19H2,1H3,(H,31,34)(H,32,35)/b30-16-. The Labute approximate surface area is 230 Å². The largest absolute Gasteiger partial charge is 0.484 e. The van der Waals surface area contributed by atoms with Gasteiger partial charge in [0.1, 0.15) is 12.3 Å². The van der Waals surface area contributed by atoms with Gasteiger partial charge in [-0.1, -0.05) is 48.0 Å². The number of aromatic nitrogens is 1. The molecule has 0 unspecified atom stereocenters. The van der Waals surface area contributed by atoms with Crippen molar-refractivity contribution in [1.82, 2.24) is 9.99 Å². The molecule has 194 valence electrons. The van der Waals surface area contributed by atoms with Gasteiger partial charge in [-0.05, 0) is 42.8 Å². The van der Waals surface area contributed by atoms with E-state index in [2.05, 4.69) is 28.0 Å². The number of para-hydroxylation sites is 1. The van der Waals surface area contributed by atoms with Gasteiger partial charge in [-0.3, -0.25) is 9.59 Å². The third kappa shape index (κ3) is 6.59. The molecule has 0 saturated carbocycles. The number of hydrazone groups is 1. The first-order chi connectivity index (χ1) is 18.5. The van der Waals surface area contributed by atoms with Crippen LogP contribution in [0, 0.1) is 6.92 Å². The van der Waals surface area contributed by atoms with E-state index in [9.17, 15) is 9.59 Å². The van der Waals surface area contributed by atoms with E-state index >= 15 is 0 Å². The normalized spacial score (nSPS) is 13.7.